The van der Waals surface area contributed by atoms with E-state index in [1.165, 1.54) is 12.1 Å². The van der Waals surface area contributed by atoms with Gasteiger partial charge in [0.15, 0.2) is 5.76 Å². The molecule has 0 radical (unpaired) electrons. The molecule has 0 saturated carbocycles. The Labute approximate surface area is 157 Å². The predicted molar refractivity (Wildman–Crippen MR) is 102 cm³/mol. The highest BCUT2D eigenvalue weighted by Gasteiger charge is 2.17. The first-order valence-corrected chi connectivity index (χ1v) is 9.83. The van der Waals surface area contributed by atoms with E-state index in [2.05, 4.69) is 4.98 Å². The third-order valence-corrected chi connectivity index (χ3v) is 5.17. The number of nitrogens with zero attached hydrogens (tertiary/aromatic N) is 2. The second-order valence-electron chi connectivity index (χ2n) is 6.10. The van der Waals surface area contributed by atoms with Gasteiger partial charge in [0.05, 0.1) is 23.2 Å². The van der Waals surface area contributed by atoms with Gasteiger partial charge in [0.2, 0.25) is 10.0 Å². The molecule has 0 saturated heterocycles. The standard InChI is InChI=1S/C20H17N3O3S/c21-27(24,25)17-10-8-15(9-11-17)13-23-14-22-19(16-5-2-1-3-6-16)20(23)18-7-4-12-26-18/h1-12,14H,13H2,(H2,21,24,25). The lowest BCUT2D eigenvalue weighted by molar-refractivity contribution is 0.575. The summed E-state index contributed by atoms with van der Waals surface area (Å²) in [6.45, 7) is 0.515. The Morgan fingerprint density at radius 2 is 1.70 bits per heavy atom. The summed E-state index contributed by atoms with van der Waals surface area (Å²) in [5.74, 6) is 0.715. The van der Waals surface area contributed by atoms with Crippen molar-refractivity contribution in [3.05, 3.63) is 84.9 Å². The highest BCUT2D eigenvalue weighted by atomic mass is 32.2. The molecule has 2 aromatic carbocycles. The Kier molecular flexibility index (Phi) is 4.39. The van der Waals surface area contributed by atoms with Crippen molar-refractivity contribution in [1.29, 1.82) is 0 Å². The van der Waals surface area contributed by atoms with Gasteiger partial charge in [-0.05, 0) is 29.8 Å². The summed E-state index contributed by atoms with van der Waals surface area (Å²) < 4.78 is 30.4. The molecule has 0 aliphatic rings. The number of furan rings is 1. The molecule has 0 unspecified atom stereocenters. The van der Waals surface area contributed by atoms with Crippen LogP contribution in [0.2, 0.25) is 0 Å². The molecule has 0 bridgehead atoms. The summed E-state index contributed by atoms with van der Waals surface area (Å²) in [5, 5.41) is 5.16. The fraction of sp³-hybridized carbons (Fsp3) is 0.0500. The summed E-state index contributed by atoms with van der Waals surface area (Å²) in [6, 6.07) is 20.1. The van der Waals surface area contributed by atoms with Crippen molar-refractivity contribution in [3.63, 3.8) is 0 Å². The van der Waals surface area contributed by atoms with Crippen molar-refractivity contribution in [2.75, 3.05) is 0 Å². The van der Waals surface area contributed by atoms with Crippen molar-refractivity contribution >= 4 is 10.0 Å². The topological polar surface area (TPSA) is 91.1 Å². The third-order valence-electron chi connectivity index (χ3n) is 4.24. The smallest absolute Gasteiger partial charge is 0.238 e. The third kappa shape index (κ3) is 3.55. The second kappa shape index (κ2) is 6.86. The number of sulfonamides is 1. The maximum Gasteiger partial charge on any atom is 0.238 e. The van der Waals surface area contributed by atoms with E-state index in [0.717, 1.165) is 22.5 Å². The van der Waals surface area contributed by atoms with Crippen LogP contribution >= 0.6 is 0 Å². The van der Waals surface area contributed by atoms with E-state index in [4.69, 9.17) is 9.56 Å². The van der Waals surface area contributed by atoms with E-state index >= 15 is 0 Å². The van der Waals surface area contributed by atoms with Gasteiger partial charge in [-0.2, -0.15) is 0 Å². The highest BCUT2D eigenvalue weighted by molar-refractivity contribution is 7.89. The van der Waals surface area contributed by atoms with Crippen LogP contribution in [-0.2, 0) is 16.6 Å². The number of hydrogen-bond acceptors (Lipinski definition) is 4. The Hall–Kier alpha value is -3.16. The molecule has 27 heavy (non-hydrogen) atoms. The summed E-state index contributed by atoms with van der Waals surface area (Å²) in [5.41, 5.74) is 3.60. The van der Waals surface area contributed by atoms with Crippen molar-refractivity contribution in [2.45, 2.75) is 11.4 Å². The van der Waals surface area contributed by atoms with Crippen molar-refractivity contribution < 1.29 is 12.8 Å². The van der Waals surface area contributed by atoms with E-state index in [-0.39, 0.29) is 4.90 Å². The Morgan fingerprint density at radius 1 is 0.963 bits per heavy atom. The van der Waals surface area contributed by atoms with E-state index in [1.807, 2.05) is 47.0 Å². The highest BCUT2D eigenvalue weighted by Crippen LogP contribution is 2.32. The minimum atomic E-state index is -3.70. The zero-order valence-corrected chi connectivity index (χ0v) is 15.1. The van der Waals surface area contributed by atoms with Crippen molar-refractivity contribution in [2.24, 2.45) is 5.14 Å². The number of imidazole rings is 1. The van der Waals surface area contributed by atoms with Crippen molar-refractivity contribution in [1.82, 2.24) is 9.55 Å². The molecule has 0 amide bonds. The number of benzene rings is 2. The van der Waals surface area contributed by atoms with Crippen LogP contribution in [-0.4, -0.2) is 18.0 Å². The minimum absolute atomic E-state index is 0.0908. The molecular weight excluding hydrogens is 362 g/mol. The SMILES string of the molecule is NS(=O)(=O)c1ccc(Cn2cnc(-c3ccccc3)c2-c2ccco2)cc1. The van der Waals surface area contributed by atoms with Gasteiger partial charge in [0, 0.05) is 12.1 Å². The van der Waals surface area contributed by atoms with Crippen LogP contribution in [0.15, 0.2) is 88.6 Å². The van der Waals surface area contributed by atoms with Gasteiger partial charge < -0.3 is 8.98 Å². The molecule has 2 heterocycles. The van der Waals surface area contributed by atoms with Crippen LogP contribution in [0.5, 0.6) is 0 Å². The quantitative estimate of drug-likeness (QED) is 0.574. The lowest BCUT2D eigenvalue weighted by Crippen LogP contribution is -2.12. The van der Waals surface area contributed by atoms with Gasteiger partial charge in [0.25, 0.3) is 0 Å². The first kappa shape index (κ1) is 17.3. The first-order chi connectivity index (χ1) is 13.0. The fourth-order valence-corrected chi connectivity index (χ4v) is 3.48. The largest absolute Gasteiger partial charge is 0.463 e. The molecule has 6 nitrogen and oxygen atoms in total. The number of aromatic nitrogens is 2. The molecule has 2 N–H and O–H groups in total. The lowest BCUT2D eigenvalue weighted by Gasteiger charge is -2.09. The summed E-state index contributed by atoms with van der Waals surface area (Å²) in [7, 11) is -3.70. The van der Waals surface area contributed by atoms with E-state index < -0.39 is 10.0 Å². The van der Waals surface area contributed by atoms with E-state index in [1.54, 1.807) is 24.7 Å². The average molecular weight is 379 g/mol. The van der Waals surface area contributed by atoms with Crippen LogP contribution in [0, 0.1) is 0 Å². The fourth-order valence-electron chi connectivity index (χ4n) is 2.96. The van der Waals surface area contributed by atoms with Gasteiger partial charge >= 0.3 is 0 Å². The maximum absolute atomic E-state index is 11.4. The Morgan fingerprint density at radius 3 is 2.33 bits per heavy atom. The van der Waals surface area contributed by atoms with Gasteiger partial charge in [-0.3, -0.25) is 0 Å². The molecule has 0 fully saturated rings. The summed E-state index contributed by atoms with van der Waals surface area (Å²) >= 11 is 0. The Bertz CT molecular complexity index is 1150. The monoisotopic (exact) mass is 379 g/mol. The normalized spacial score (nSPS) is 11.6. The van der Waals surface area contributed by atoms with E-state index in [9.17, 15) is 8.42 Å². The summed E-state index contributed by atoms with van der Waals surface area (Å²) in [6.07, 6.45) is 3.39. The molecule has 0 spiro atoms. The zero-order chi connectivity index (χ0) is 18.9. The van der Waals surface area contributed by atoms with Gasteiger partial charge in [-0.25, -0.2) is 18.5 Å². The van der Waals surface area contributed by atoms with Gasteiger partial charge in [-0.15, -0.1) is 0 Å². The lowest BCUT2D eigenvalue weighted by atomic mass is 10.1. The second-order valence-corrected chi connectivity index (χ2v) is 7.66. The first-order valence-electron chi connectivity index (χ1n) is 8.28. The van der Waals surface area contributed by atoms with Crippen LogP contribution in [0.4, 0.5) is 0 Å². The van der Waals surface area contributed by atoms with Crippen LogP contribution < -0.4 is 5.14 Å². The molecule has 136 valence electrons. The minimum Gasteiger partial charge on any atom is -0.463 e. The summed E-state index contributed by atoms with van der Waals surface area (Å²) in [4.78, 5) is 4.67. The number of nitrogens with two attached hydrogens (primary N) is 1. The molecule has 4 aromatic rings. The molecular formula is C20H17N3O3S. The zero-order valence-electron chi connectivity index (χ0n) is 14.3. The average Bonchev–Trinajstić information content (AvgIpc) is 3.31. The Balaban J connectivity index is 1.74. The number of rotatable bonds is 5. The van der Waals surface area contributed by atoms with Gasteiger partial charge in [-0.1, -0.05) is 42.5 Å². The molecule has 4 rings (SSSR count). The van der Waals surface area contributed by atoms with Crippen LogP contribution in [0.3, 0.4) is 0 Å². The molecule has 0 atom stereocenters. The molecule has 7 heteroatoms. The molecule has 0 aliphatic heterocycles. The predicted octanol–water partition coefficient (Wildman–Crippen LogP) is 3.51. The maximum atomic E-state index is 11.4. The van der Waals surface area contributed by atoms with Crippen LogP contribution in [0.25, 0.3) is 22.7 Å². The van der Waals surface area contributed by atoms with E-state index in [0.29, 0.717) is 12.3 Å². The van der Waals surface area contributed by atoms with Gasteiger partial charge in [0.1, 0.15) is 5.69 Å². The van der Waals surface area contributed by atoms with Crippen molar-refractivity contribution in [3.8, 4) is 22.7 Å². The molecule has 2 aromatic heterocycles. The molecule has 0 aliphatic carbocycles. The number of primary sulfonamides is 1. The van der Waals surface area contributed by atoms with Crippen LogP contribution in [0.1, 0.15) is 5.56 Å². The number of hydrogen-bond donors (Lipinski definition) is 1.